The van der Waals surface area contributed by atoms with Gasteiger partial charge in [-0.05, 0) is 112 Å². The van der Waals surface area contributed by atoms with Crippen molar-refractivity contribution in [2.45, 2.75) is 109 Å². The van der Waals surface area contributed by atoms with Crippen molar-refractivity contribution in [3.63, 3.8) is 0 Å². The zero-order valence-corrected chi connectivity index (χ0v) is 33.4. The maximum atomic E-state index is 13.7. The predicted molar refractivity (Wildman–Crippen MR) is 218 cm³/mol. The zero-order chi connectivity index (χ0) is 39.5. The fraction of sp³-hybridized carbons (Fsp3) is 0.467. The standard InChI is InChI=1S/C45H54N6O5/c1-25(2)38(49-43(53)55-7)42(52)50-21-9-12-37(50)41-47-36-20-16-30-23-28(15-19-34(30)39(36)48-41)27-14-18-33-29(22-27)10-8-11-35(33)46-26(3)40-31-13-17-32(24-31)51(40)44(54)56-45(4,5)6/h11,14-16,18-20,22-23,25,31-32,37-38,40,46H,3,8-10,12-13,17,21,24H2,1-2,4-7H3,(H,47,48)(H,49,53)/t31-,32+,37-,38-,40+/m0/s1. The van der Waals surface area contributed by atoms with Crippen LogP contribution in [0.1, 0.15) is 96.1 Å². The number of methoxy groups -OCH3 is 1. The summed E-state index contributed by atoms with van der Waals surface area (Å²) in [6.07, 6.45) is 8.02. The molecule has 3 amide bonds. The molecule has 3 heterocycles. The van der Waals surface area contributed by atoms with Crippen LogP contribution in [0.2, 0.25) is 0 Å². The third-order valence-corrected chi connectivity index (χ3v) is 12.1. The van der Waals surface area contributed by atoms with Gasteiger partial charge >= 0.3 is 12.2 Å². The molecule has 4 aromatic rings. The van der Waals surface area contributed by atoms with Gasteiger partial charge in [-0.1, -0.05) is 62.9 Å². The van der Waals surface area contributed by atoms with E-state index in [4.69, 9.17) is 14.5 Å². The summed E-state index contributed by atoms with van der Waals surface area (Å²) in [5.41, 5.74) is 7.89. The Bertz CT molecular complexity index is 2250. The molecule has 2 saturated heterocycles. The molecule has 3 fully saturated rings. The van der Waals surface area contributed by atoms with Crippen LogP contribution in [0.25, 0.3) is 38.6 Å². The number of hydrogen-bond donors (Lipinski definition) is 3. The molecule has 4 aliphatic rings. The van der Waals surface area contributed by atoms with Crippen molar-refractivity contribution < 1.29 is 23.9 Å². The first-order valence-corrected chi connectivity index (χ1v) is 20.2. The van der Waals surface area contributed by atoms with Gasteiger partial charge in [0.1, 0.15) is 17.5 Å². The fourth-order valence-corrected chi connectivity index (χ4v) is 9.46. The van der Waals surface area contributed by atoms with Gasteiger partial charge in [-0.2, -0.15) is 0 Å². The summed E-state index contributed by atoms with van der Waals surface area (Å²) in [4.78, 5) is 51.5. The molecule has 11 heteroatoms. The highest BCUT2D eigenvalue weighted by atomic mass is 16.6. The van der Waals surface area contributed by atoms with Crippen LogP contribution in [0.4, 0.5) is 9.59 Å². The molecule has 56 heavy (non-hydrogen) atoms. The largest absolute Gasteiger partial charge is 0.453 e. The van der Waals surface area contributed by atoms with Crippen LogP contribution in [0.15, 0.2) is 66.9 Å². The van der Waals surface area contributed by atoms with Crippen LogP contribution in [0.3, 0.4) is 0 Å². The summed E-state index contributed by atoms with van der Waals surface area (Å²) < 4.78 is 10.6. The lowest BCUT2D eigenvalue weighted by atomic mass is 9.90. The molecule has 3 aromatic carbocycles. The van der Waals surface area contributed by atoms with Crippen molar-refractivity contribution >= 4 is 45.6 Å². The fourth-order valence-electron chi connectivity index (χ4n) is 9.46. The quantitative estimate of drug-likeness (QED) is 0.164. The Hall–Kier alpha value is -5.32. The molecule has 11 nitrogen and oxygen atoms in total. The Morgan fingerprint density at radius 1 is 1.02 bits per heavy atom. The molecule has 8 rings (SSSR count). The summed E-state index contributed by atoms with van der Waals surface area (Å²) in [6, 6.07) is 16.6. The first-order chi connectivity index (χ1) is 26.8. The Morgan fingerprint density at radius 2 is 1.80 bits per heavy atom. The highest BCUT2D eigenvalue weighted by Gasteiger charge is 2.50. The highest BCUT2D eigenvalue weighted by molar-refractivity contribution is 6.05. The minimum absolute atomic E-state index is 0.0871. The monoisotopic (exact) mass is 758 g/mol. The average molecular weight is 759 g/mol. The van der Waals surface area contributed by atoms with Crippen molar-refractivity contribution in [1.29, 1.82) is 0 Å². The molecule has 3 N–H and O–H groups in total. The number of carbonyl (C=O) groups is 3. The number of amides is 3. The number of fused-ring (bicyclic) bond motifs is 6. The number of nitrogens with one attached hydrogen (secondary N) is 3. The van der Waals surface area contributed by atoms with Crippen molar-refractivity contribution in [2.24, 2.45) is 11.8 Å². The number of hydrogen-bond acceptors (Lipinski definition) is 7. The van der Waals surface area contributed by atoms with Gasteiger partial charge in [-0.3, -0.25) is 9.69 Å². The lowest BCUT2D eigenvalue weighted by molar-refractivity contribution is -0.135. The summed E-state index contributed by atoms with van der Waals surface area (Å²) in [5.74, 6) is 0.927. The van der Waals surface area contributed by atoms with Crippen molar-refractivity contribution in [2.75, 3.05) is 13.7 Å². The van der Waals surface area contributed by atoms with E-state index in [1.807, 2.05) is 44.4 Å². The van der Waals surface area contributed by atoms with E-state index in [9.17, 15) is 14.4 Å². The first-order valence-electron chi connectivity index (χ1n) is 20.2. The van der Waals surface area contributed by atoms with Gasteiger partial charge in [-0.25, -0.2) is 14.6 Å². The van der Waals surface area contributed by atoms with E-state index >= 15 is 0 Å². The second kappa shape index (κ2) is 14.6. The molecule has 5 atom stereocenters. The van der Waals surface area contributed by atoms with Gasteiger partial charge in [0.2, 0.25) is 5.91 Å². The van der Waals surface area contributed by atoms with E-state index in [-0.39, 0.29) is 36.0 Å². The van der Waals surface area contributed by atoms with E-state index in [0.717, 1.165) is 95.1 Å². The molecule has 2 aliphatic carbocycles. The number of alkyl carbamates (subject to hydrolysis) is 1. The number of ether oxygens (including phenoxy) is 2. The van der Waals surface area contributed by atoms with Crippen molar-refractivity contribution in [1.82, 2.24) is 30.4 Å². The van der Waals surface area contributed by atoms with E-state index in [1.165, 1.54) is 18.2 Å². The molecule has 1 saturated carbocycles. The number of rotatable bonds is 8. The summed E-state index contributed by atoms with van der Waals surface area (Å²) in [5, 5.41) is 8.53. The van der Waals surface area contributed by atoms with Crippen LogP contribution < -0.4 is 10.6 Å². The normalized spacial score (nSPS) is 22.3. The Kier molecular flexibility index (Phi) is 9.83. The zero-order valence-electron chi connectivity index (χ0n) is 33.4. The van der Waals surface area contributed by atoms with Crippen LogP contribution in [-0.2, 0) is 20.7 Å². The second-order valence-corrected chi connectivity index (χ2v) is 17.3. The summed E-state index contributed by atoms with van der Waals surface area (Å²) >= 11 is 0. The lowest BCUT2D eigenvalue weighted by Gasteiger charge is -2.38. The Balaban J connectivity index is 1.01. The minimum atomic E-state index is -0.683. The number of benzene rings is 3. The van der Waals surface area contributed by atoms with Gasteiger partial charge in [-0.15, -0.1) is 0 Å². The number of likely N-dealkylation sites (tertiary alicyclic amines) is 2. The number of aromatic amines is 1. The highest BCUT2D eigenvalue weighted by Crippen LogP contribution is 2.45. The number of aryl methyl sites for hydroxylation is 1. The average Bonchev–Trinajstić information content (AvgIpc) is 3.99. The van der Waals surface area contributed by atoms with E-state index in [0.29, 0.717) is 12.5 Å². The number of aromatic nitrogens is 2. The van der Waals surface area contributed by atoms with Gasteiger partial charge in [0, 0.05) is 34.9 Å². The molecule has 0 spiro atoms. The number of H-pyrrole nitrogens is 1. The maximum Gasteiger partial charge on any atom is 0.411 e. The molecular weight excluding hydrogens is 705 g/mol. The van der Waals surface area contributed by atoms with E-state index in [2.05, 4.69) is 76.8 Å². The van der Waals surface area contributed by atoms with Gasteiger partial charge in [0.05, 0.1) is 30.2 Å². The number of nitrogens with zero attached hydrogens (tertiary/aromatic N) is 3. The molecular formula is C45H54N6O5. The number of piperidine rings is 1. The molecule has 1 aromatic heterocycles. The van der Waals surface area contributed by atoms with E-state index in [1.54, 1.807) is 0 Å². The smallest absolute Gasteiger partial charge is 0.411 e. The van der Waals surface area contributed by atoms with Crippen LogP contribution in [-0.4, -0.2) is 75.2 Å². The first kappa shape index (κ1) is 37.6. The number of imidazole rings is 1. The molecule has 0 radical (unpaired) electrons. The summed E-state index contributed by atoms with van der Waals surface area (Å²) in [7, 11) is 1.30. The van der Waals surface area contributed by atoms with Crippen LogP contribution >= 0.6 is 0 Å². The molecule has 2 bridgehead atoms. The van der Waals surface area contributed by atoms with E-state index < -0.39 is 17.7 Å². The van der Waals surface area contributed by atoms with Gasteiger partial charge in [0.15, 0.2) is 0 Å². The van der Waals surface area contributed by atoms with Crippen molar-refractivity contribution in [3.05, 3.63) is 83.8 Å². The van der Waals surface area contributed by atoms with Gasteiger partial charge in [0.25, 0.3) is 0 Å². The Labute approximate surface area is 328 Å². The summed E-state index contributed by atoms with van der Waals surface area (Å²) in [6.45, 7) is 14.7. The maximum absolute atomic E-state index is 13.7. The third kappa shape index (κ3) is 7.01. The van der Waals surface area contributed by atoms with Crippen molar-refractivity contribution in [3.8, 4) is 11.1 Å². The molecule has 294 valence electrons. The van der Waals surface area contributed by atoms with Gasteiger partial charge < -0.3 is 30.0 Å². The third-order valence-electron chi connectivity index (χ3n) is 12.1. The predicted octanol–water partition coefficient (Wildman–Crippen LogP) is 8.61. The van der Waals surface area contributed by atoms with Crippen LogP contribution in [0.5, 0.6) is 0 Å². The minimum Gasteiger partial charge on any atom is -0.453 e. The number of carbonyl (C=O) groups excluding carboxylic acids is 3. The molecule has 2 aliphatic heterocycles. The topological polar surface area (TPSA) is 129 Å². The Morgan fingerprint density at radius 3 is 2.57 bits per heavy atom. The lowest BCUT2D eigenvalue weighted by Crippen LogP contribution is -2.51. The second-order valence-electron chi connectivity index (χ2n) is 17.3. The number of allylic oxidation sites excluding steroid dienone is 1. The SMILES string of the molecule is C=C(NC1=CCCc2cc(-c3ccc4c(ccc5[nH]c([C@@H]6CCCN6C(=O)[C@@H](NC(=O)OC)C(C)C)nc54)c3)ccc21)[C@@H]1[C@H]2CC[C@H](C2)N1C(=O)OC(C)(C)C. The van der Waals surface area contributed by atoms with Crippen LogP contribution in [0, 0.1) is 11.8 Å². The molecule has 0 unspecified atom stereocenters.